The van der Waals surface area contributed by atoms with Crippen molar-refractivity contribution in [3.8, 4) is 0 Å². The Bertz CT molecular complexity index is 907. The molecule has 0 spiro atoms. The van der Waals surface area contributed by atoms with Crippen LogP contribution in [0, 0.1) is 6.92 Å². The van der Waals surface area contributed by atoms with Crippen molar-refractivity contribution in [1.82, 2.24) is 9.62 Å². The van der Waals surface area contributed by atoms with Gasteiger partial charge in [-0.2, -0.15) is 4.31 Å². The summed E-state index contributed by atoms with van der Waals surface area (Å²) in [5.41, 5.74) is 1.98. The molecule has 2 aromatic rings. The van der Waals surface area contributed by atoms with Crippen LogP contribution in [0.25, 0.3) is 0 Å². The fourth-order valence-corrected chi connectivity index (χ4v) is 4.44. The molecule has 0 radical (unpaired) electrons. The lowest BCUT2D eigenvalue weighted by atomic mass is 10.1. The molecule has 0 heterocycles. The third-order valence-electron chi connectivity index (χ3n) is 4.51. The Balaban J connectivity index is 2.30. The molecule has 0 aromatic heterocycles. The van der Waals surface area contributed by atoms with Crippen LogP contribution in [0.3, 0.4) is 0 Å². The average molecular weight is 409 g/mol. The lowest BCUT2D eigenvalue weighted by Crippen LogP contribution is -2.31. The van der Waals surface area contributed by atoms with E-state index in [1.165, 1.54) is 10.4 Å². The summed E-state index contributed by atoms with van der Waals surface area (Å²) in [5, 5.41) is 3.55. The number of rotatable bonds is 7. The Kier molecular flexibility index (Phi) is 7.03. The number of nitrogens with one attached hydrogen (secondary N) is 1. The molecule has 0 aliphatic carbocycles. The van der Waals surface area contributed by atoms with Crippen LogP contribution >= 0.6 is 11.6 Å². The van der Waals surface area contributed by atoms with Gasteiger partial charge in [-0.15, -0.1) is 0 Å². The van der Waals surface area contributed by atoms with Crippen LogP contribution < -0.4 is 5.32 Å². The van der Waals surface area contributed by atoms with Gasteiger partial charge in [0.2, 0.25) is 10.0 Å². The lowest BCUT2D eigenvalue weighted by molar-refractivity contribution is 0.0939. The van der Waals surface area contributed by atoms with E-state index in [9.17, 15) is 13.2 Å². The molecular weight excluding hydrogens is 384 g/mol. The van der Waals surface area contributed by atoms with Crippen molar-refractivity contribution in [2.45, 2.75) is 38.6 Å². The molecule has 146 valence electrons. The predicted molar refractivity (Wildman–Crippen MR) is 109 cm³/mol. The fraction of sp³-hybridized carbons (Fsp3) is 0.350. The van der Waals surface area contributed by atoms with Crippen molar-refractivity contribution in [2.75, 3.05) is 13.1 Å². The van der Waals surface area contributed by atoms with Crippen LogP contribution in [-0.2, 0) is 10.0 Å². The van der Waals surface area contributed by atoms with E-state index in [1.54, 1.807) is 45.0 Å². The van der Waals surface area contributed by atoms with E-state index >= 15 is 0 Å². The normalized spacial score (nSPS) is 12.8. The van der Waals surface area contributed by atoms with Gasteiger partial charge in [-0.25, -0.2) is 8.42 Å². The average Bonchev–Trinajstić information content (AvgIpc) is 2.63. The van der Waals surface area contributed by atoms with Crippen LogP contribution in [-0.4, -0.2) is 31.7 Å². The highest BCUT2D eigenvalue weighted by Crippen LogP contribution is 2.21. The monoisotopic (exact) mass is 408 g/mol. The first-order valence-corrected chi connectivity index (χ1v) is 10.7. The number of halogens is 1. The van der Waals surface area contributed by atoms with Gasteiger partial charge in [0.1, 0.15) is 0 Å². The van der Waals surface area contributed by atoms with E-state index < -0.39 is 10.0 Å². The summed E-state index contributed by atoms with van der Waals surface area (Å²) in [6, 6.07) is 11.7. The van der Waals surface area contributed by atoms with Crippen molar-refractivity contribution < 1.29 is 13.2 Å². The lowest BCUT2D eigenvalue weighted by Gasteiger charge is -2.20. The molecule has 2 rings (SSSR count). The number of nitrogens with zero attached hydrogens (tertiary/aromatic N) is 1. The Morgan fingerprint density at radius 2 is 1.70 bits per heavy atom. The summed E-state index contributed by atoms with van der Waals surface area (Å²) in [6.45, 7) is 7.99. The molecule has 0 aliphatic heterocycles. The van der Waals surface area contributed by atoms with Gasteiger partial charge < -0.3 is 5.32 Å². The highest BCUT2D eigenvalue weighted by atomic mass is 35.5. The minimum absolute atomic E-state index is 0.126. The largest absolute Gasteiger partial charge is 0.346 e. The smallest absolute Gasteiger partial charge is 0.252 e. The van der Waals surface area contributed by atoms with Crippen LogP contribution in [0.5, 0.6) is 0 Å². The zero-order valence-corrected chi connectivity index (χ0v) is 17.6. The minimum Gasteiger partial charge on any atom is -0.346 e. The predicted octanol–water partition coefficient (Wildman–Crippen LogP) is 4.17. The second-order valence-corrected chi connectivity index (χ2v) is 8.69. The van der Waals surface area contributed by atoms with Crippen LogP contribution in [0.2, 0.25) is 5.02 Å². The SMILES string of the molecule is CCN(CC)S(=O)(=O)c1ccc(C)c(C(=O)NC(C)c2ccc(Cl)cc2)c1. The second kappa shape index (κ2) is 8.87. The van der Waals surface area contributed by atoms with Gasteiger partial charge in [-0.05, 0) is 49.2 Å². The van der Waals surface area contributed by atoms with E-state index in [0.717, 1.165) is 5.56 Å². The number of benzene rings is 2. The molecule has 0 bridgehead atoms. The van der Waals surface area contributed by atoms with Crippen molar-refractivity contribution in [3.05, 3.63) is 64.2 Å². The molecule has 1 amide bonds. The second-order valence-electron chi connectivity index (χ2n) is 6.31. The number of sulfonamides is 1. The summed E-state index contributed by atoms with van der Waals surface area (Å²) >= 11 is 5.90. The highest BCUT2D eigenvalue weighted by molar-refractivity contribution is 7.89. The Morgan fingerprint density at radius 1 is 1.11 bits per heavy atom. The molecule has 1 N–H and O–H groups in total. The number of aryl methyl sites for hydroxylation is 1. The molecule has 0 fully saturated rings. The molecule has 0 saturated carbocycles. The quantitative estimate of drug-likeness (QED) is 0.747. The number of carbonyl (C=O) groups is 1. The molecule has 27 heavy (non-hydrogen) atoms. The molecule has 1 atom stereocenters. The van der Waals surface area contributed by atoms with Gasteiger partial charge in [-0.1, -0.05) is 43.6 Å². The summed E-state index contributed by atoms with van der Waals surface area (Å²) in [6.07, 6.45) is 0. The maximum atomic E-state index is 12.8. The van der Waals surface area contributed by atoms with Gasteiger partial charge in [-0.3, -0.25) is 4.79 Å². The summed E-state index contributed by atoms with van der Waals surface area (Å²) < 4.78 is 26.8. The molecule has 1 unspecified atom stereocenters. The van der Waals surface area contributed by atoms with E-state index in [0.29, 0.717) is 29.2 Å². The summed E-state index contributed by atoms with van der Waals surface area (Å²) in [4.78, 5) is 12.9. The number of hydrogen-bond acceptors (Lipinski definition) is 3. The summed E-state index contributed by atoms with van der Waals surface area (Å²) in [5.74, 6) is -0.313. The number of carbonyl (C=O) groups excluding carboxylic acids is 1. The van der Waals surface area contributed by atoms with Gasteiger partial charge >= 0.3 is 0 Å². The topological polar surface area (TPSA) is 66.5 Å². The van der Waals surface area contributed by atoms with E-state index in [1.807, 2.05) is 19.1 Å². The molecule has 0 saturated heterocycles. The van der Waals surface area contributed by atoms with Crippen molar-refractivity contribution >= 4 is 27.5 Å². The maximum Gasteiger partial charge on any atom is 0.252 e. The summed E-state index contributed by atoms with van der Waals surface area (Å²) in [7, 11) is -3.62. The molecular formula is C20H25ClN2O3S. The molecule has 2 aromatic carbocycles. The van der Waals surface area contributed by atoms with Crippen LogP contribution in [0.1, 0.15) is 48.3 Å². The van der Waals surface area contributed by atoms with Crippen molar-refractivity contribution in [2.24, 2.45) is 0 Å². The number of hydrogen-bond donors (Lipinski definition) is 1. The molecule has 5 nitrogen and oxygen atoms in total. The Hall–Kier alpha value is -1.89. The minimum atomic E-state index is -3.62. The van der Waals surface area contributed by atoms with E-state index in [4.69, 9.17) is 11.6 Å². The third kappa shape index (κ3) is 4.89. The zero-order chi connectivity index (χ0) is 20.2. The van der Waals surface area contributed by atoms with E-state index in [-0.39, 0.29) is 16.8 Å². The van der Waals surface area contributed by atoms with Gasteiger partial charge in [0.25, 0.3) is 5.91 Å². The van der Waals surface area contributed by atoms with E-state index in [2.05, 4.69) is 5.32 Å². The van der Waals surface area contributed by atoms with Crippen molar-refractivity contribution in [1.29, 1.82) is 0 Å². The third-order valence-corrected chi connectivity index (χ3v) is 6.81. The first-order chi connectivity index (χ1) is 12.7. The van der Waals surface area contributed by atoms with Crippen LogP contribution in [0.4, 0.5) is 0 Å². The van der Waals surface area contributed by atoms with Gasteiger partial charge in [0, 0.05) is 23.7 Å². The Morgan fingerprint density at radius 3 is 2.26 bits per heavy atom. The first kappa shape index (κ1) is 21.4. The molecule has 0 aliphatic rings. The Labute approximate surface area is 166 Å². The van der Waals surface area contributed by atoms with Gasteiger partial charge in [0.05, 0.1) is 10.9 Å². The standard InChI is InChI=1S/C20H25ClN2O3S/c1-5-23(6-2)27(25,26)18-12-7-14(3)19(13-18)20(24)22-15(4)16-8-10-17(21)11-9-16/h7-13,15H,5-6H2,1-4H3,(H,22,24). The number of amides is 1. The first-order valence-electron chi connectivity index (χ1n) is 8.87. The maximum absolute atomic E-state index is 12.8. The highest BCUT2D eigenvalue weighted by Gasteiger charge is 2.24. The molecule has 7 heteroatoms. The van der Waals surface area contributed by atoms with Gasteiger partial charge in [0.15, 0.2) is 0 Å². The zero-order valence-electron chi connectivity index (χ0n) is 16.0. The van der Waals surface area contributed by atoms with Crippen molar-refractivity contribution in [3.63, 3.8) is 0 Å². The fourth-order valence-electron chi connectivity index (χ4n) is 2.83. The van der Waals surface area contributed by atoms with Crippen LogP contribution in [0.15, 0.2) is 47.4 Å².